The summed E-state index contributed by atoms with van der Waals surface area (Å²) in [7, 11) is 4.86. The Morgan fingerprint density at radius 2 is 1.58 bits per heavy atom. The van der Waals surface area contributed by atoms with Crippen molar-refractivity contribution in [3.8, 4) is 17.2 Å². The summed E-state index contributed by atoms with van der Waals surface area (Å²) >= 11 is 0. The number of benzene rings is 2. The van der Waals surface area contributed by atoms with E-state index in [4.69, 9.17) is 19.2 Å². The molecule has 0 aliphatic carbocycles. The van der Waals surface area contributed by atoms with Crippen LogP contribution in [0.2, 0.25) is 0 Å². The van der Waals surface area contributed by atoms with Crippen LogP contribution >= 0.6 is 0 Å². The molecule has 0 spiro atoms. The molecule has 2 N–H and O–H groups in total. The zero-order chi connectivity index (χ0) is 32.3. The fourth-order valence-corrected chi connectivity index (χ4v) is 5.86. The second-order valence-corrected chi connectivity index (χ2v) is 12.7. The number of aromatic nitrogens is 3. The zero-order valence-corrected chi connectivity index (χ0v) is 28.4. The number of aryl methyl sites for hydroxylation is 1. The fourth-order valence-electron chi connectivity index (χ4n) is 5.86. The van der Waals surface area contributed by atoms with Crippen molar-refractivity contribution in [3.05, 3.63) is 66.0 Å². The van der Waals surface area contributed by atoms with E-state index in [1.165, 1.54) is 5.56 Å². The second-order valence-electron chi connectivity index (χ2n) is 12.7. The van der Waals surface area contributed by atoms with Gasteiger partial charge in [-0.05, 0) is 61.6 Å². The monoisotopic (exact) mass is 616 g/mol. The smallest absolute Gasteiger partial charge is 0.208 e. The first-order valence-electron chi connectivity index (χ1n) is 16.1. The van der Waals surface area contributed by atoms with E-state index < -0.39 is 0 Å². The van der Waals surface area contributed by atoms with E-state index in [0.29, 0.717) is 35.1 Å². The van der Waals surface area contributed by atoms with E-state index in [2.05, 4.69) is 84.0 Å². The van der Waals surface area contributed by atoms with Gasteiger partial charge >= 0.3 is 0 Å². The molecule has 1 atom stereocenters. The number of rotatable bonds is 18. The van der Waals surface area contributed by atoms with Gasteiger partial charge in [0, 0.05) is 68.4 Å². The topological polar surface area (TPSA) is 85.7 Å². The van der Waals surface area contributed by atoms with E-state index in [9.17, 15) is 0 Å². The molecule has 4 rings (SSSR count). The number of pyridine rings is 1. The lowest BCUT2D eigenvalue weighted by Gasteiger charge is -2.26. The van der Waals surface area contributed by atoms with Crippen molar-refractivity contribution >= 4 is 22.7 Å². The minimum atomic E-state index is 0.332. The minimum absolute atomic E-state index is 0.332. The maximum Gasteiger partial charge on any atom is 0.208 e. The molecule has 2 heterocycles. The highest BCUT2D eigenvalue weighted by molar-refractivity contribution is 5.81. The molecular formula is C36H52N6O3. The summed E-state index contributed by atoms with van der Waals surface area (Å²) in [6.07, 6.45) is 3.70. The lowest BCUT2D eigenvalue weighted by atomic mass is 10.1. The van der Waals surface area contributed by atoms with Crippen molar-refractivity contribution < 1.29 is 14.2 Å². The molecule has 0 fully saturated rings. The number of hydrogen-bond acceptors (Lipinski definition) is 8. The molecular weight excluding hydrogens is 564 g/mol. The highest BCUT2D eigenvalue weighted by atomic mass is 16.5. The molecule has 4 aromatic rings. The summed E-state index contributed by atoms with van der Waals surface area (Å²) in [5.74, 6) is 3.74. The maximum absolute atomic E-state index is 5.61. The number of nitrogens with one attached hydrogen (secondary N) is 2. The predicted molar refractivity (Wildman–Crippen MR) is 184 cm³/mol. The Labute approximate surface area is 269 Å². The second kappa shape index (κ2) is 16.5. The molecule has 0 bridgehead atoms. The molecule has 0 aliphatic heterocycles. The third kappa shape index (κ3) is 9.58. The van der Waals surface area contributed by atoms with Crippen LogP contribution < -0.4 is 24.8 Å². The largest absolute Gasteiger partial charge is 0.493 e. The van der Waals surface area contributed by atoms with E-state index in [1.54, 1.807) is 21.3 Å². The highest BCUT2D eigenvalue weighted by Crippen LogP contribution is 2.40. The van der Waals surface area contributed by atoms with Crippen LogP contribution in [-0.2, 0) is 19.5 Å². The molecule has 2 aromatic heterocycles. The van der Waals surface area contributed by atoms with Gasteiger partial charge < -0.3 is 29.4 Å². The molecule has 9 heteroatoms. The van der Waals surface area contributed by atoms with Gasteiger partial charge in [-0.2, -0.15) is 0 Å². The molecule has 0 radical (unpaired) electrons. The molecule has 0 aliphatic rings. The summed E-state index contributed by atoms with van der Waals surface area (Å²) in [6, 6.07) is 16.9. The standard InChI is InChI=1S/C36H52N6O3/c1-25(2)22-41(23-26(3)4)24-28-13-14-32-31(19-28)40-36(39-30-20-33(43-6)35(45-8)34(21-30)44-7)42(32)17-11-16-37-27(5)18-29-12-9-10-15-38-29/h9-10,12-15,19-21,25-27,37H,11,16-18,22-24H2,1-8H3,(H,39,40). The van der Waals surface area contributed by atoms with Crippen LogP contribution in [0, 0.1) is 11.8 Å². The van der Waals surface area contributed by atoms with Gasteiger partial charge in [0.2, 0.25) is 11.7 Å². The first-order valence-corrected chi connectivity index (χ1v) is 16.1. The third-order valence-electron chi connectivity index (χ3n) is 7.68. The van der Waals surface area contributed by atoms with Crippen molar-refractivity contribution in [1.82, 2.24) is 24.8 Å². The Balaban J connectivity index is 1.58. The van der Waals surface area contributed by atoms with Gasteiger partial charge in [-0.15, -0.1) is 0 Å². The zero-order valence-electron chi connectivity index (χ0n) is 28.4. The molecule has 9 nitrogen and oxygen atoms in total. The number of ether oxygens (including phenoxy) is 3. The van der Waals surface area contributed by atoms with Crippen LogP contribution in [-0.4, -0.2) is 66.4 Å². The number of methoxy groups -OCH3 is 3. The summed E-state index contributed by atoms with van der Waals surface area (Å²) in [5.41, 5.74) is 5.27. The Morgan fingerprint density at radius 3 is 2.18 bits per heavy atom. The molecule has 0 saturated heterocycles. The number of nitrogens with zero attached hydrogens (tertiary/aromatic N) is 4. The van der Waals surface area contributed by atoms with Crippen molar-refractivity contribution in [3.63, 3.8) is 0 Å². The van der Waals surface area contributed by atoms with Gasteiger partial charge in [0.05, 0.1) is 32.4 Å². The summed E-state index contributed by atoms with van der Waals surface area (Å²) in [6.45, 7) is 16.1. The van der Waals surface area contributed by atoms with Crippen molar-refractivity contribution in [1.29, 1.82) is 0 Å². The number of fused-ring (bicyclic) bond motifs is 1. The van der Waals surface area contributed by atoms with Gasteiger partial charge in [0.25, 0.3) is 0 Å². The molecule has 45 heavy (non-hydrogen) atoms. The van der Waals surface area contributed by atoms with Gasteiger partial charge in [-0.25, -0.2) is 4.98 Å². The Hall–Kier alpha value is -3.82. The number of imidazole rings is 1. The lowest BCUT2D eigenvalue weighted by molar-refractivity contribution is 0.211. The van der Waals surface area contributed by atoms with E-state index in [-0.39, 0.29) is 0 Å². The minimum Gasteiger partial charge on any atom is -0.493 e. The summed E-state index contributed by atoms with van der Waals surface area (Å²) < 4.78 is 19.0. The molecule has 244 valence electrons. The Kier molecular flexibility index (Phi) is 12.5. The Morgan fingerprint density at radius 1 is 0.867 bits per heavy atom. The van der Waals surface area contributed by atoms with Gasteiger partial charge in [0.15, 0.2) is 11.5 Å². The van der Waals surface area contributed by atoms with Gasteiger partial charge in [0.1, 0.15) is 0 Å². The van der Waals surface area contributed by atoms with E-state index in [1.807, 2.05) is 30.5 Å². The lowest BCUT2D eigenvalue weighted by Crippen LogP contribution is -2.30. The van der Waals surface area contributed by atoms with Crippen molar-refractivity contribution in [2.75, 3.05) is 46.3 Å². The quantitative estimate of drug-likeness (QED) is 0.117. The van der Waals surface area contributed by atoms with Crippen molar-refractivity contribution in [2.45, 2.75) is 66.6 Å². The Bertz CT molecular complexity index is 1450. The van der Waals surface area contributed by atoms with Crippen LogP contribution in [0.3, 0.4) is 0 Å². The average Bonchev–Trinajstić information content (AvgIpc) is 3.34. The van der Waals surface area contributed by atoms with Crippen LogP contribution in [0.15, 0.2) is 54.7 Å². The number of hydrogen-bond donors (Lipinski definition) is 2. The average molecular weight is 617 g/mol. The fraction of sp³-hybridized carbons (Fsp3) is 0.500. The maximum atomic E-state index is 5.61. The molecule has 0 saturated carbocycles. The molecule has 1 unspecified atom stereocenters. The van der Waals surface area contributed by atoms with Crippen molar-refractivity contribution in [2.24, 2.45) is 11.8 Å². The molecule has 0 amide bonds. The third-order valence-corrected chi connectivity index (χ3v) is 7.68. The van der Waals surface area contributed by atoms with Crippen LogP contribution in [0.1, 0.15) is 52.3 Å². The molecule has 2 aromatic carbocycles. The first-order chi connectivity index (χ1) is 21.7. The van der Waals surface area contributed by atoms with Gasteiger partial charge in [-0.3, -0.25) is 9.88 Å². The normalized spacial score (nSPS) is 12.3. The predicted octanol–water partition coefficient (Wildman–Crippen LogP) is 6.93. The van der Waals surface area contributed by atoms with Gasteiger partial charge in [-0.1, -0.05) is 39.8 Å². The van der Waals surface area contributed by atoms with Crippen LogP contribution in [0.5, 0.6) is 17.2 Å². The number of anilines is 2. The van der Waals surface area contributed by atoms with Crippen LogP contribution in [0.25, 0.3) is 11.0 Å². The summed E-state index contributed by atoms with van der Waals surface area (Å²) in [5, 5.41) is 7.22. The van der Waals surface area contributed by atoms with E-state index in [0.717, 1.165) is 73.9 Å². The highest BCUT2D eigenvalue weighted by Gasteiger charge is 2.18. The summed E-state index contributed by atoms with van der Waals surface area (Å²) in [4.78, 5) is 12.1. The van der Waals surface area contributed by atoms with E-state index >= 15 is 0 Å². The first kappa shape index (κ1) is 34.1. The SMILES string of the molecule is COc1cc(Nc2nc3cc(CN(CC(C)C)CC(C)C)ccc3n2CCCNC(C)Cc2ccccn2)cc(OC)c1OC. The van der Waals surface area contributed by atoms with Crippen LogP contribution in [0.4, 0.5) is 11.6 Å².